The lowest BCUT2D eigenvalue weighted by Crippen LogP contribution is -2.44. The second-order valence-corrected chi connectivity index (χ2v) is 4.72. The maximum Gasteiger partial charge on any atom is 0.115 e. The van der Waals surface area contributed by atoms with Crippen LogP contribution in [-0.4, -0.2) is 41.5 Å². The average Bonchev–Trinajstić information content (AvgIpc) is 2.29. The van der Waals surface area contributed by atoms with E-state index in [1.54, 1.807) is 6.33 Å². The SMILES string of the molecule is CC(C)c1cncnc1C1CNCCN1C. The second kappa shape index (κ2) is 4.89. The lowest BCUT2D eigenvalue weighted by atomic mass is 9.97. The first kappa shape index (κ1) is 11.5. The van der Waals surface area contributed by atoms with Crippen LogP contribution in [0.4, 0.5) is 0 Å². The summed E-state index contributed by atoms with van der Waals surface area (Å²) in [4.78, 5) is 11.0. The maximum absolute atomic E-state index is 4.48. The van der Waals surface area contributed by atoms with E-state index in [9.17, 15) is 0 Å². The highest BCUT2D eigenvalue weighted by Crippen LogP contribution is 2.26. The van der Waals surface area contributed by atoms with E-state index in [0.717, 1.165) is 19.6 Å². The van der Waals surface area contributed by atoms with Crippen molar-refractivity contribution in [3.8, 4) is 0 Å². The molecule has 1 saturated heterocycles. The van der Waals surface area contributed by atoms with Crippen molar-refractivity contribution in [1.82, 2.24) is 20.2 Å². The molecule has 0 radical (unpaired) electrons. The number of hydrogen-bond donors (Lipinski definition) is 1. The fourth-order valence-electron chi connectivity index (χ4n) is 2.18. The number of aromatic nitrogens is 2. The quantitative estimate of drug-likeness (QED) is 0.812. The van der Waals surface area contributed by atoms with Gasteiger partial charge in [0.15, 0.2) is 0 Å². The molecule has 1 aromatic heterocycles. The van der Waals surface area contributed by atoms with Crippen LogP contribution in [0.3, 0.4) is 0 Å². The lowest BCUT2D eigenvalue weighted by molar-refractivity contribution is 0.197. The molecule has 4 heteroatoms. The van der Waals surface area contributed by atoms with Crippen LogP contribution in [0.5, 0.6) is 0 Å². The van der Waals surface area contributed by atoms with Gasteiger partial charge in [-0.2, -0.15) is 0 Å². The summed E-state index contributed by atoms with van der Waals surface area (Å²) >= 11 is 0. The van der Waals surface area contributed by atoms with E-state index >= 15 is 0 Å². The van der Waals surface area contributed by atoms with Gasteiger partial charge >= 0.3 is 0 Å². The number of piperazine rings is 1. The van der Waals surface area contributed by atoms with E-state index < -0.39 is 0 Å². The smallest absolute Gasteiger partial charge is 0.115 e. The zero-order chi connectivity index (χ0) is 11.5. The first-order chi connectivity index (χ1) is 7.70. The summed E-state index contributed by atoms with van der Waals surface area (Å²) in [6, 6.07) is 0.383. The Morgan fingerprint density at radius 3 is 3.00 bits per heavy atom. The van der Waals surface area contributed by atoms with Crippen molar-refractivity contribution >= 4 is 0 Å². The minimum atomic E-state index is 0.383. The number of nitrogens with zero attached hydrogens (tertiary/aromatic N) is 3. The van der Waals surface area contributed by atoms with E-state index in [0.29, 0.717) is 12.0 Å². The maximum atomic E-state index is 4.48. The van der Waals surface area contributed by atoms with Gasteiger partial charge in [-0.15, -0.1) is 0 Å². The molecular weight excluding hydrogens is 200 g/mol. The molecule has 88 valence electrons. The molecule has 0 spiro atoms. The van der Waals surface area contributed by atoms with Crippen LogP contribution >= 0.6 is 0 Å². The molecule has 1 fully saturated rings. The van der Waals surface area contributed by atoms with Gasteiger partial charge in [0.1, 0.15) is 6.33 Å². The number of likely N-dealkylation sites (N-methyl/N-ethyl adjacent to an activating group) is 1. The molecule has 0 saturated carbocycles. The van der Waals surface area contributed by atoms with Gasteiger partial charge in [0.05, 0.1) is 11.7 Å². The van der Waals surface area contributed by atoms with Crippen LogP contribution in [0.15, 0.2) is 12.5 Å². The van der Waals surface area contributed by atoms with Gasteiger partial charge in [-0.1, -0.05) is 13.8 Å². The van der Waals surface area contributed by atoms with Gasteiger partial charge in [-0.25, -0.2) is 9.97 Å². The Hall–Kier alpha value is -1.00. The highest BCUT2D eigenvalue weighted by molar-refractivity contribution is 5.23. The Balaban J connectivity index is 2.31. The molecule has 0 amide bonds. The van der Waals surface area contributed by atoms with Crippen LogP contribution in [0.1, 0.15) is 37.1 Å². The Kier molecular flexibility index (Phi) is 3.51. The van der Waals surface area contributed by atoms with Crippen LogP contribution in [-0.2, 0) is 0 Å². The standard InChI is InChI=1S/C12H20N4/c1-9(2)10-6-14-8-15-12(10)11-7-13-4-5-16(11)3/h6,8-9,11,13H,4-5,7H2,1-3H3. The third-order valence-corrected chi connectivity index (χ3v) is 3.22. The minimum absolute atomic E-state index is 0.383. The highest BCUT2D eigenvalue weighted by atomic mass is 15.2. The van der Waals surface area contributed by atoms with E-state index in [1.807, 2.05) is 6.20 Å². The Bertz CT molecular complexity index is 351. The van der Waals surface area contributed by atoms with Gasteiger partial charge in [0.25, 0.3) is 0 Å². The molecule has 0 aliphatic carbocycles. The predicted octanol–water partition coefficient (Wildman–Crippen LogP) is 1.18. The van der Waals surface area contributed by atoms with Crippen LogP contribution in [0.2, 0.25) is 0 Å². The van der Waals surface area contributed by atoms with E-state index in [2.05, 4.69) is 41.1 Å². The molecule has 2 rings (SSSR count). The summed E-state index contributed by atoms with van der Waals surface area (Å²) in [6.45, 7) is 7.51. The summed E-state index contributed by atoms with van der Waals surface area (Å²) < 4.78 is 0. The van der Waals surface area contributed by atoms with Crippen molar-refractivity contribution in [2.24, 2.45) is 0 Å². The van der Waals surface area contributed by atoms with Gasteiger partial charge in [-0.05, 0) is 18.5 Å². The first-order valence-electron chi connectivity index (χ1n) is 5.91. The minimum Gasteiger partial charge on any atom is -0.313 e. The molecular formula is C12H20N4. The van der Waals surface area contributed by atoms with Crippen molar-refractivity contribution in [3.05, 3.63) is 23.8 Å². The molecule has 1 atom stereocenters. The Morgan fingerprint density at radius 2 is 2.31 bits per heavy atom. The summed E-state index contributed by atoms with van der Waals surface area (Å²) in [5.41, 5.74) is 2.45. The van der Waals surface area contributed by atoms with Gasteiger partial charge < -0.3 is 5.32 Å². The molecule has 2 heterocycles. The summed E-state index contributed by atoms with van der Waals surface area (Å²) in [6.07, 6.45) is 3.61. The highest BCUT2D eigenvalue weighted by Gasteiger charge is 2.24. The molecule has 1 aliphatic heterocycles. The van der Waals surface area contributed by atoms with E-state index in [-0.39, 0.29) is 0 Å². The molecule has 16 heavy (non-hydrogen) atoms. The number of nitrogens with one attached hydrogen (secondary N) is 1. The molecule has 1 aliphatic rings. The fourth-order valence-corrected chi connectivity index (χ4v) is 2.18. The molecule has 1 unspecified atom stereocenters. The van der Waals surface area contributed by atoms with Crippen molar-refractivity contribution < 1.29 is 0 Å². The van der Waals surface area contributed by atoms with Crippen LogP contribution < -0.4 is 5.32 Å². The molecule has 4 nitrogen and oxygen atoms in total. The van der Waals surface area contributed by atoms with Crippen LogP contribution in [0.25, 0.3) is 0 Å². The largest absolute Gasteiger partial charge is 0.313 e. The summed E-state index contributed by atoms with van der Waals surface area (Å²) in [5.74, 6) is 0.478. The van der Waals surface area contributed by atoms with Crippen molar-refractivity contribution in [3.63, 3.8) is 0 Å². The predicted molar refractivity (Wildman–Crippen MR) is 64.4 cm³/mol. The summed E-state index contributed by atoms with van der Waals surface area (Å²) in [5, 5.41) is 3.43. The molecule has 1 aromatic rings. The fraction of sp³-hybridized carbons (Fsp3) is 0.667. The van der Waals surface area contributed by atoms with Gasteiger partial charge in [0, 0.05) is 25.8 Å². The third-order valence-electron chi connectivity index (χ3n) is 3.22. The van der Waals surface area contributed by atoms with Crippen molar-refractivity contribution in [2.45, 2.75) is 25.8 Å². The van der Waals surface area contributed by atoms with Crippen molar-refractivity contribution in [1.29, 1.82) is 0 Å². The molecule has 0 aromatic carbocycles. The third kappa shape index (κ3) is 2.23. The average molecular weight is 220 g/mol. The number of hydrogen-bond acceptors (Lipinski definition) is 4. The molecule has 0 bridgehead atoms. The monoisotopic (exact) mass is 220 g/mol. The van der Waals surface area contributed by atoms with Gasteiger partial charge in [-0.3, -0.25) is 4.90 Å². The van der Waals surface area contributed by atoms with E-state index in [4.69, 9.17) is 0 Å². The number of rotatable bonds is 2. The van der Waals surface area contributed by atoms with Crippen molar-refractivity contribution in [2.75, 3.05) is 26.7 Å². The zero-order valence-corrected chi connectivity index (χ0v) is 10.3. The van der Waals surface area contributed by atoms with Crippen LogP contribution in [0, 0.1) is 0 Å². The Labute approximate surface area is 97.1 Å². The van der Waals surface area contributed by atoms with E-state index in [1.165, 1.54) is 11.3 Å². The Morgan fingerprint density at radius 1 is 1.50 bits per heavy atom. The summed E-state index contributed by atoms with van der Waals surface area (Å²) in [7, 11) is 2.16. The van der Waals surface area contributed by atoms with Gasteiger partial charge in [0.2, 0.25) is 0 Å². The normalized spacial score (nSPS) is 22.6. The second-order valence-electron chi connectivity index (χ2n) is 4.72. The topological polar surface area (TPSA) is 41.1 Å². The molecule has 1 N–H and O–H groups in total. The zero-order valence-electron chi connectivity index (χ0n) is 10.3. The first-order valence-corrected chi connectivity index (χ1v) is 5.91. The lowest BCUT2D eigenvalue weighted by Gasteiger charge is -2.33.